The van der Waals surface area contributed by atoms with E-state index >= 15 is 0 Å². The van der Waals surface area contributed by atoms with Crippen LogP contribution in [0.15, 0.2) is 12.4 Å². The number of halogens is 1. The minimum absolute atomic E-state index is 0.543. The molecule has 0 radical (unpaired) electrons. The highest BCUT2D eigenvalue weighted by Crippen LogP contribution is 2.04. The van der Waals surface area contributed by atoms with E-state index in [0.717, 1.165) is 13.1 Å². The topological polar surface area (TPSA) is 29.9 Å². The molecule has 0 aliphatic carbocycles. The third-order valence-corrected chi connectivity index (χ3v) is 2.60. The Morgan fingerprint density at radius 2 is 2.21 bits per heavy atom. The zero-order chi connectivity index (χ0) is 10.6. The minimum atomic E-state index is 0.543. The maximum absolute atomic E-state index is 5.75. The summed E-state index contributed by atoms with van der Waals surface area (Å²) in [7, 11) is 0. The summed E-state index contributed by atoms with van der Waals surface area (Å²) in [4.78, 5) is 0. The molecule has 0 saturated heterocycles. The van der Waals surface area contributed by atoms with Gasteiger partial charge in [0.2, 0.25) is 0 Å². The summed E-state index contributed by atoms with van der Waals surface area (Å²) in [6.45, 7) is 8.41. The quantitative estimate of drug-likeness (QED) is 0.816. The first kappa shape index (κ1) is 11.5. The molecule has 4 heteroatoms. The molecular formula is C10H18ClN3. The molecule has 0 aliphatic heterocycles. The van der Waals surface area contributed by atoms with Crippen LogP contribution in [0.2, 0.25) is 5.02 Å². The van der Waals surface area contributed by atoms with Crippen LogP contribution in [-0.2, 0) is 6.54 Å². The highest BCUT2D eigenvalue weighted by atomic mass is 35.5. The molecule has 1 heterocycles. The fourth-order valence-corrected chi connectivity index (χ4v) is 1.26. The predicted octanol–water partition coefficient (Wildman–Crippen LogP) is 2.17. The van der Waals surface area contributed by atoms with E-state index in [1.54, 1.807) is 6.20 Å². The second-order valence-corrected chi connectivity index (χ2v) is 4.34. The van der Waals surface area contributed by atoms with Gasteiger partial charge in [0.1, 0.15) is 0 Å². The van der Waals surface area contributed by atoms with E-state index in [-0.39, 0.29) is 0 Å². The molecular weight excluding hydrogens is 198 g/mol. The van der Waals surface area contributed by atoms with E-state index in [1.807, 2.05) is 10.9 Å². The van der Waals surface area contributed by atoms with Crippen molar-refractivity contribution < 1.29 is 0 Å². The van der Waals surface area contributed by atoms with Crippen molar-refractivity contribution in [3.63, 3.8) is 0 Å². The fraction of sp³-hybridized carbons (Fsp3) is 0.700. The summed E-state index contributed by atoms with van der Waals surface area (Å²) in [5, 5.41) is 8.23. The van der Waals surface area contributed by atoms with Crippen molar-refractivity contribution in [2.75, 3.05) is 6.54 Å². The summed E-state index contributed by atoms with van der Waals surface area (Å²) in [6.07, 6.45) is 3.50. The predicted molar refractivity (Wildman–Crippen MR) is 59.5 cm³/mol. The van der Waals surface area contributed by atoms with Gasteiger partial charge in [-0.25, -0.2) is 0 Å². The van der Waals surface area contributed by atoms with Crippen LogP contribution in [0.5, 0.6) is 0 Å². The molecule has 0 fully saturated rings. The Bertz CT molecular complexity index is 270. The molecule has 1 N–H and O–H groups in total. The summed E-state index contributed by atoms with van der Waals surface area (Å²) in [6, 6.07) is 0.543. The molecule has 80 valence electrons. The lowest BCUT2D eigenvalue weighted by atomic mass is 10.1. The first-order chi connectivity index (χ1) is 6.59. The molecule has 1 atom stereocenters. The van der Waals surface area contributed by atoms with E-state index in [0.29, 0.717) is 17.0 Å². The average Bonchev–Trinajstić information content (AvgIpc) is 2.51. The highest BCUT2D eigenvalue weighted by Gasteiger charge is 2.05. The standard InChI is InChI=1S/C10H18ClN3/c1-8(2)9(3)12-4-5-14-7-10(11)6-13-14/h6-9,12H,4-5H2,1-3H3. The normalized spacial score (nSPS) is 13.5. The third-order valence-electron chi connectivity index (χ3n) is 2.41. The van der Waals surface area contributed by atoms with E-state index in [4.69, 9.17) is 11.6 Å². The van der Waals surface area contributed by atoms with E-state index in [2.05, 4.69) is 31.2 Å². The Morgan fingerprint density at radius 1 is 1.50 bits per heavy atom. The average molecular weight is 216 g/mol. The second kappa shape index (κ2) is 5.37. The zero-order valence-corrected chi connectivity index (χ0v) is 9.75. The van der Waals surface area contributed by atoms with Crippen LogP contribution in [0.25, 0.3) is 0 Å². The SMILES string of the molecule is CC(C)C(C)NCCn1cc(Cl)cn1. The largest absolute Gasteiger partial charge is 0.312 e. The first-order valence-electron chi connectivity index (χ1n) is 5.01. The molecule has 0 aliphatic rings. The van der Waals surface area contributed by atoms with Crippen molar-refractivity contribution in [2.45, 2.75) is 33.4 Å². The lowest BCUT2D eigenvalue weighted by Crippen LogP contribution is -2.33. The summed E-state index contributed by atoms with van der Waals surface area (Å²) in [5.41, 5.74) is 0. The summed E-state index contributed by atoms with van der Waals surface area (Å²) < 4.78 is 1.85. The van der Waals surface area contributed by atoms with Crippen molar-refractivity contribution in [2.24, 2.45) is 5.92 Å². The number of aromatic nitrogens is 2. The summed E-state index contributed by atoms with van der Waals surface area (Å²) in [5.74, 6) is 0.663. The van der Waals surface area contributed by atoms with Gasteiger partial charge in [0.25, 0.3) is 0 Å². The van der Waals surface area contributed by atoms with Crippen LogP contribution in [0.1, 0.15) is 20.8 Å². The van der Waals surface area contributed by atoms with Crippen LogP contribution < -0.4 is 5.32 Å². The molecule has 0 amide bonds. The van der Waals surface area contributed by atoms with Gasteiger partial charge < -0.3 is 5.32 Å². The first-order valence-corrected chi connectivity index (χ1v) is 5.38. The Hall–Kier alpha value is -0.540. The van der Waals surface area contributed by atoms with Crippen LogP contribution in [0.3, 0.4) is 0 Å². The maximum Gasteiger partial charge on any atom is 0.0785 e. The van der Waals surface area contributed by atoms with E-state index in [9.17, 15) is 0 Å². The number of rotatable bonds is 5. The molecule has 1 aromatic heterocycles. The molecule has 14 heavy (non-hydrogen) atoms. The fourth-order valence-electron chi connectivity index (χ4n) is 1.10. The van der Waals surface area contributed by atoms with Gasteiger partial charge >= 0.3 is 0 Å². The Balaban J connectivity index is 2.22. The van der Waals surface area contributed by atoms with Gasteiger partial charge in [-0.2, -0.15) is 5.10 Å². The maximum atomic E-state index is 5.75. The van der Waals surface area contributed by atoms with Crippen LogP contribution >= 0.6 is 11.6 Å². The molecule has 0 aromatic carbocycles. The number of nitrogens with one attached hydrogen (secondary N) is 1. The smallest absolute Gasteiger partial charge is 0.0785 e. The van der Waals surface area contributed by atoms with E-state index in [1.165, 1.54) is 0 Å². The van der Waals surface area contributed by atoms with Crippen LogP contribution in [0, 0.1) is 5.92 Å². The van der Waals surface area contributed by atoms with Gasteiger partial charge in [0.05, 0.1) is 17.8 Å². The van der Waals surface area contributed by atoms with Gasteiger partial charge in [0.15, 0.2) is 0 Å². The highest BCUT2D eigenvalue weighted by molar-refractivity contribution is 6.30. The lowest BCUT2D eigenvalue weighted by molar-refractivity contribution is 0.410. The molecule has 3 nitrogen and oxygen atoms in total. The number of hydrogen-bond donors (Lipinski definition) is 1. The molecule has 0 spiro atoms. The van der Waals surface area contributed by atoms with Crippen molar-refractivity contribution in [1.29, 1.82) is 0 Å². The molecule has 0 bridgehead atoms. The van der Waals surface area contributed by atoms with Crippen LogP contribution in [-0.4, -0.2) is 22.4 Å². The van der Waals surface area contributed by atoms with Gasteiger partial charge in [-0.15, -0.1) is 0 Å². The molecule has 0 saturated carbocycles. The van der Waals surface area contributed by atoms with Gasteiger partial charge in [-0.05, 0) is 12.8 Å². The van der Waals surface area contributed by atoms with Gasteiger partial charge in [0, 0.05) is 18.8 Å². The molecule has 1 unspecified atom stereocenters. The number of nitrogens with zero attached hydrogens (tertiary/aromatic N) is 2. The second-order valence-electron chi connectivity index (χ2n) is 3.91. The lowest BCUT2D eigenvalue weighted by Gasteiger charge is -2.17. The van der Waals surface area contributed by atoms with Crippen molar-refractivity contribution in [1.82, 2.24) is 15.1 Å². The van der Waals surface area contributed by atoms with Gasteiger partial charge in [-0.3, -0.25) is 4.68 Å². The van der Waals surface area contributed by atoms with Crippen molar-refractivity contribution in [3.8, 4) is 0 Å². The molecule has 1 rings (SSSR count). The zero-order valence-electron chi connectivity index (χ0n) is 9.00. The Morgan fingerprint density at radius 3 is 2.71 bits per heavy atom. The van der Waals surface area contributed by atoms with Gasteiger partial charge in [-0.1, -0.05) is 25.4 Å². The Labute approximate surface area is 90.4 Å². The van der Waals surface area contributed by atoms with Crippen molar-refractivity contribution in [3.05, 3.63) is 17.4 Å². The van der Waals surface area contributed by atoms with E-state index < -0.39 is 0 Å². The minimum Gasteiger partial charge on any atom is -0.312 e. The van der Waals surface area contributed by atoms with Crippen LogP contribution in [0.4, 0.5) is 0 Å². The summed E-state index contributed by atoms with van der Waals surface area (Å²) >= 11 is 5.75. The monoisotopic (exact) mass is 215 g/mol. The Kier molecular flexibility index (Phi) is 4.42. The molecule has 1 aromatic rings. The third kappa shape index (κ3) is 3.68. The van der Waals surface area contributed by atoms with Crippen molar-refractivity contribution >= 4 is 11.6 Å². The number of hydrogen-bond acceptors (Lipinski definition) is 2.